The van der Waals surface area contributed by atoms with E-state index in [2.05, 4.69) is 10.3 Å². The summed E-state index contributed by atoms with van der Waals surface area (Å²) in [6, 6.07) is 3.00. The zero-order valence-corrected chi connectivity index (χ0v) is 7.78. The third-order valence-corrected chi connectivity index (χ3v) is 2.51. The molecule has 2 N–H and O–H groups in total. The van der Waals surface area contributed by atoms with Crippen LogP contribution in [0.25, 0.3) is 0 Å². The van der Waals surface area contributed by atoms with E-state index < -0.39 is 0 Å². The van der Waals surface area contributed by atoms with Gasteiger partial charge in [0, 0.05) is 6.54 Å². The molecular formula is C10H13FN2O. The van der Waals surface area contributed by atoms with Crippen LogP contribution in [-0.2, 0) is 0 Å². The van der Waals surface area contributed by atoms with E-state index in [-0.39, 0.29) is 11.9 Å². The number of hydrogen-bond acceptors (Lipinski definition) is 3. The summed E-state index contributed by atoms with van der Waals surface area (Å²) in [6.07, 6.45) is 2.78. The van der Waals surface area contributed by atoms with Gasteiger partial charge in [-0.15, -0.1) is 0 Å². The molecule has 0 saturated heterocycles. The molecule has 2 rings (SSSR count). The topological polar surface area (TPSA) is 45.1 Å². The van der Waals surface area contributed by atoms with E-state index in [1.54, 1.807) is 6.07 Å². The van der Waals surface area contributed by atoms with Crippen molar-refractivity contribution in [2.24, 2.45) is 5.92 Å². The largest absolute Gasteiger partial charge is 0.393 e. The first-order valence-corrected chi connectivity index (χ1v) is 4.77. The van der Waals surface area contributed by atoms with Crippen molar-refractivity contribution in [3.8, 4) is 0 Å². The van der Waals surface area contributed by atoms with E-state index in [0.717, 1.165) is 19.4 Å². The van der Waals surface area contributed by atoms with E-state index in [9.17, 15) is 4.39 Å². The number of aromatic nitrogens is 1. The lowest BCUT2D eigenvalue weighted by molar-refractivity contribution is 0.0486. The van der Waals surface area contributed by atoms with E-state index in [1.165, 1.54) is 12.3 Å². The van der Waals surface area contributed by atoms with Crippen LogP contribution < -0.4 is 5.32 Å². The van der Waals surface area contributed by atoms with Crippen molar-refractivity contribution in [1.82, 2.24) is 4.98 Å². The predicted molar refractivity (Wildman–Crippen MR) is 51.4 cm³/mol. The number of nitrogens with one attached hydrogen (secondary N) is 1. The average Bonchev–Trinajstić information content (AvgIpc) is 2.13. The van der Waals surface area contributed by atoms with Crippen LogP contribution in [0.2, 0.25) is 0 Å². The van der Waals surface area contributed by atoms with Gasteiger partial charge in [-0.05, 0) is 30.9 Å². The molecule has 4 heteroatoms. The molecule has 1 aliphatic rings. The molecule has 3 nitrogen and oxygen atoms in total. The second kappa shape index (κ2) is 3.92. The van der Waals surface area contributed by atoms with Crippen molar-refractivity contribution in [2.75, 3.05) is 11.9 Å². The maximum atomic E-state index is 12.5. The Morgan fingerprint density at radius 3 is 2.86 bits per heavy atom. The van der Waals surface area contributed by atoms with E-state index in [0.29, 0.717) is 11.7 Å². The van der Waals surface area contributed by atoms with Crippen LogP contribution in [0.15, 0.2) is 18.3 Å². The van der Waals surface area contributed by atoms with Gasteiger partial charge in [-0.2, -0.15) is 0 Å². The van der Waals surface area contributed by atoms with Crippen LogP contribution in [0, 0.1) is 11.7 Å². The van der Waals surface area contributed by atoms with Gasteiger partial charge in [0.15, 0.2) is 0 Å². The van der Waals surface area contributed by atoms with E-state index >= 15 is 0 Å². The molecule has 0 atom stereocenters. The van der Waals surface area contributed by atoms with Crippen molar-refractivity contribution in [1.29, 1.82) is 0 Å². The van der Waals surface area contributed by atoms with Gasteiger partial charge in [0.25, 0.3) is 0 Å². The van der Waals surface area contributed by atoms with Crippen LogP contribution in [0.4, 0.5) is 10.2 Å². The van der Waals surface area contributed by atoms with Gasteiger partial charge in [0.2, 0.25) is 0 Å². The standard InChI is InChI=1S/C10H13FN2O/c11-8-1-2-10(13-6-8)12-5-7-3-9(14)4-7/h1-2,6-7,9,14H,3-5H2,(H,12,13). The lowest BCUT2D eigenvalue weighted by Crippen LogP contribution is -2.33. The van der Waals surface area contributed by atoms with Crippen molar-refractivity contribution >= 4 is 5.82 Å². The number of halogens is 1. The Bertz CT molecular complexity index is 295. The summed E-state index contributed by atoms with van der Waals surface area (Å²) in [7, 11) is 0. The Hall–Kier alpha value is -1.16. The van der Waals surface area contributed by atoms with Gasteiger partial charge in [-0.3, -0.25) is 0 Å². The summed E-state index contributed by atoms with van der Waals surface area (Å²) in [5.74, 6) is 0.888. The third kappa shape index (κ3) is 2.20. The van der Waals surface area contributed by atoms with Gasteiger partial charge in [-0.25, -0.2) is 9.37 Å². The highest BCUT2D eigenvalue weighted by Gasteiger charge is 2.26. The van der Waals surface area contributed by atoms with Crippen molar-refractivity contribution in [3.05, 3.63) is 24.1 Å². The van der Waals surface area contributed by atoms with Crippen LogP contribution in [-0.4, -0.2) is 22.7 Å². The van der Waals surface area contributed by atoms with E-state index in [1.807, 2.05) is 0 Å². The average molecular weight is 196 g/mol. The first kappa shape index (κ1) is 9.40. The molecule has 0 amide bonds. The molecule has 0 radical (unpaired) electrons. The summed E-state index contributed by atoms with van der Waals surface area (Å²) < 4.78 is 12.5. The van der Waals surface area contributed by atoms with Crippen LogP contribution >= 0.6 is 0 Å². The molecule has 14 heavy (non-hydrogen) atoms. The number of aliphatic hydroxyl groups excluding tert-OH is 1. The summed E-state index contributed by atoms with van der Waals surface area (Å²) >= 11 is 0. The molecule has 1 saturated carbocycles. The molecule has 0 bridgehead atoms. The quantitative estimate of drug-likeness (QED) is 0.768. The fourth-order valence-corrected chi connectivity index (χ4v) is 1.60. The summed E-state index contributed by atoms with van der Waals surface area (Å²) in [4.78, 5) is 3.88. The fourth-order valence-electron chi connectivity index (χ4n) is 1.60. The number of anilines is 1. The predicted octanol–water partition coefficient (Wildman–Crippen LogP) is 1.40. The van der Waals surface area contributed by atoms with Crippen molar-refractivity contribution < 1.29 is 9.50 Å². The van der Waals surface area contributed by atoms with Gasteiger partial charge in [0.1, 0.15) is 11.6 Å². The molecule has 1 aliphatic carbocycles. The summed E-state index contributed by atoms with van der Waals surface area (Å²) in [5, 5.41) is 12.2. The fraction of sp³-hybridized carbons (Fsp3) is 0.500. The van der Waals surface area contributed by atoms with Crippen molar-refractivity contribution in [3.63, 3.8) is 0 Å². The number of rotatable bonds is 3. The molecule has 1 fully saturated rings. The minimum Gasteiger partial charge on any atom is -0.393 e. The number of hydrogen-bond donors (Lipinski definition) is 2. The number of pyridine rings is 1. The first-order chi connectivity index (χ1) is 6.74. The lowest BCUT2D eigenvalue weighted by atomic mass is 9.82. The molecule has 1 aromatic heterocycles. The molecule has 0 aliphatic heterocycles. The molecule has 1 aromatic rings. The minimum atomic E-state index is -0.324. The zero-order chi connectivity index (χ0) is 9.97. The van der Waals surface area contributed by atoms with Gasteiger partial charge in [0.05, 0.1) is 12.3 Å². The summed E-state index contributed by atoms with van der Waals surface area (Å²) in [6.45, 7) is 0.801. The second-order valence-corrected chi connectivity index (χ2v) is 3.73. The normalized spacial score (nSPS) is 25.6. The highest BCUT2D eigenvalue weighted by molar-refractivity contribution is 5.33. The molecule has 0 spiro atoms. The molecule has 76 valence electrons. The Morgan fingerprint density at radius 1 is 1.50 bits per heavy atom. The Kier molecular flexibility index (Phi) is 2.63. The summed E-state index contributed by atoms with van der Waals surface area (Å²) in [5.41, 5.74) is 0. The van der Waals surface area contributed by atoms with E-state index in [4.69, 9.17) is 5.11 Å². The Labute approximate surface area is 82.0 Å². The zero-order valence-electron chi connectivity index (χ0n) is 7.78. The highest BCUT2D eigenvalue weighted by atomic mass is 19.1. The first-order valence-electron chi connectivity index (χ1n) is 4.77. The molecular weight excluding hydrogens is 183 g/mol. The number of aliphatic hydroxyl groups is 1. The third-order valence-electron chi connectivity index (χ3n) is 2.51. The van der Waals surface area contributed by atoms with Gasteiger partial charge in [-0.1, -0.05) is 0 Å². The van der Waals surface area contributed by atoms with Crippen LogP contribution in [0.5, 0.6) is 0 Å². The van der Waals surface area contributed by atoms with Crippen molar-refractivity contribution in [2.45, 2.75) is 18.9 Å². The Balaban J connectivity index is 1.78. The molecule has 0 unspecified atom stereocenters. The smallest absolute Gasteiger partial charge is 0.141 e. The van der Waals surface area contributed by atoms with Crippen LogP contribution in [0.3, 0.4) is 0 Å². The van der Waals surface area contributed by atoms with Gasteiger partial charge >= 0.3 is 0 Å². The SMILES string of the molecule is OC1CC(CNc2ccc(F)cn2)C1. The molecule has 1 heterocycles. The van der Waals surface area contributed by atoms with Gasteiger partial charge < -0.3 is 10.4 Å². The van der Waals surface area contributed by atoms with Crippen LogP contribution in [0.1, 0.15) is 12.8 Å². The highest BCUT2D eigenvalue weighted by Crippen LogP contribution is 2.26. The Morgan fingerprint density at radius 2 is 2.29 bits per heavy atom. The maximum absolute atomic E-state index is 12.5. The minimum absolute atomic E-state index is 0.122. The maximum Gasteiger partial charge on any atom is 0.141 e. The monoisotopic (exact) mass is 196 g/mol. The lowest BCUT2D eigenvalue weighted by Gasteiger charge is -2.31. The second-order valence-electron chi connectivity index (χ2n) is 3.73. The number of nitrogens with zero attached hydrogens (tertiary/aromatic N) is 1. The molecule has 0 aromatic carbocycles.